The Kier molecular flexibility index (Phi) is 28.2. The van der Waals surface area contributed by atoms with Crippen molar-refractivity contribution in [1.29, 1.82) is 0 Å². The molecular formula is C40H71N15O14. The topological polar surface area (TPSA) is 500 Å². The number of carboxylic acid groups (broad SMARTS) is 3. The van der Waals surface area contributed by atoms with Gasteiger partial charge in [0.2, 0.25) is 47.3 Å². The zero-order valence-corrected chi connectivity index (χ0v) is 39.7. The summed E-state index contributed by atoms with van der Waals surface area (Å²) in [4.78, 5) is 148. The Bertz CT molecular complexity index is 1870. The SMILES string of the molecule is CC(C)C[C@H](NC(=O)[C@@H](N)CCCN=C(N)N)C(=O)N[C@@H](CC(=O)O)C(=O)N[C@@H](CCC(=O)O)C(=O)N[C@H](C(=O)N[C@@H](CCCN=C(N)N)C(=O)N[C@@H](C)C(=O)NCC(=O)N[C@@H](C)C(=O)O)C(C)C. The average molecular weight is 986 g/mol. The van der Waals surface area contributed by atoms with Crippen LogP contribution in [0.1, 0.15) is 92.9 Å². The number of nitrogens with zero attached hydrogens (tertiary/aromatic N) is 2. The van der Waals surface area contributed by atoms with Gasteiger partial charge >= 0.3 is 17.9 Å². The molecule has 0 fully saturated rings. The van der Waals surface area contributed by atoms with Crippen LogP contribution in [0.4, 0.5) is 0 Å². The molecule has 0 aliphatic carbocycles. The Morgan fingerprint density at radius 2 is 0.986 bits per heavy atom. The summed E-state index contributed by atoms with van der Waals surface area (Å²) in [5, 5.41) is 46.9. The van der Waals surface area contributed by atoms with E-state index in [1.165, 1.54) is 27.7 Å². The molecule has 8 amide bonds. The van der Waals surface area contributed by atoms with Gasteiger partial charge in [-0.25, -0.2) is 0 Å². The Morgan fingerprint density at radius 3 is 1.49 bits per heavy atom. The zero-order chi connectivity index (χ0) is 53.1. The maximum absolute atomic E-state index is 13.8. The summed E-state index contributed by atoms with van der Waals surface area (Å²) in [6, 6.07) is -11.5. The molecule has 29 heteroatoms. The highest BCUT2D eigenvalue weighted by atomic mass is 16.4. The van der Waals surface area contributed by atoms with Crippen LogP contribution in [0, 0.1) is 11.8 Å². The number of nitrogens with two attached hydrogens (primary N) is 5. The average Bonchev–Trinajstić information content (AvgIpc) is 3.23. The Balaban J connectivity index is 6.38. The van der Waals surface area contributed by atoms with Crippen molar-refractivity contribution < 1.29 is 68.1 Å². The minimum absolute atomic E-state index is 0.00446. The van der Waals surface area contributed by atoms with Crippen LogP contribution in [0.2, 0.25) is 0 Å². The molecule has 8 atom stereocenters. The number of carbonyl (C=O) groups is 11. The molecule has 0 aliphatic rings. The summed E-state index contributed by atoms with van der Waals surface area (Å²) in [7, 11) is 0. The first kappa shape index (κ1) is 61.7. The number of aliphatic imine (C=N–C) groups is 2. The molecule has 0 radical (unpaired) electrons. The minimum atomic E-state index is -1.88. The highest BCUT2D eigenvalue weighted by Gasteiger charge is 2.35. The molecule has 69 heavy (non-hydrogen) atoms. The Hall–Kier alpha value is -7.33. The highest BCUT2D eigenvalue weighted by Crippen LogP contribution is 2.11. The molecule has 0 aliphatic heterocycles. The van der Waals surface area contributed by atoms with E-state index in [1.54, 1.807) is 13.8 Å². The number of carboxylic acids is 3. The normalized spacial score (nSPS) is 14.3. The Morgan fingerprint density at radius 1 is 0.507 bits per heavy atom. The van der Waals surface area contributed by atoms with Crippen molar-refractivity contribution in [3.05, 3.63) is 0 Å². The monoisotopic (exact) mass is 986 g/mol. The van der Waals surface area contributed by atoms with Gasteiger partial charge in [0.05, 0.1) is 19.0 Å². The molecule has 0 heterocycles. The smallest absolute Gasteiger partial charge is 0.325 e. The first-order chi connectivity index (χ1) is 32.0. The summed E-state index contributed by atoms with van der Waals surface area (Å²) in [6.07, 6.45) is -1.88. The second kappa shape index (κ2) is 31.6. The molecule has 0 bridgehead atoms. The van der Waals surface area contributed by atoms with Crippen molar-refractivity contribution in [1.82, 2.24) is 42.5 Å². The van der Waals surface area contributed by atoms with E-state index in [2.05, 4.69) is 52.5 Å². The molecule has 21 N–H and O–H groups in total. The van der Waals surface area contributed by atoms with Gasteiger partial charge in [0.15, 0.2) is 11.9 Å². The summed E-state index contributed by atoms with van der Waals surface area (Å²) < 4.78 is 0. The minimum Gasteiger partial charge on any atom is -0.481 e. The van der Waals surface area contributed by atoms with E-state index in [-0.39, 0.29) is 56.6 Å². The van der Waals surface area contributed by atoms with Gasteiger partial charge in [-0.15, -0.1) is 0 Å². The van der Waals surface area contributed by atoms with Gasteiger partial charge in [-0.1, -0.05) is 27.7 Å². The van der Waals surface area contributed by atoms with E-state index in [1.807, 2.05) is 0 Å². The van der Waals surface area contributed by atoms with Crippen LogP contribution in [0.15, 0.2) is 9.98 Å². The number of hydrogen-bond donors (Lipinski definition) is 16. The first-order valence-corrected chi connectivity index (χ1v) is 22.0. The molecule has 390 valence electrons. The summed E-state index contributed by atoms with van der Waals surface area (Å²) in [5.74, 6) is -13.2. The summed E-state index contributed by atoms with van der Waals surface area (Å²) in [6.45, 7) is 8.49. The van der Waals surface area contributed by atoms with Gasteiger partial charge in [-0.05, 0) is 64.2 Å². The number of carbonyl (C=O) groups excluding carboxylic acids is 8. The van der Waals surface area contributed by atoms with E-state index >= 15 is 0 Å². The van der Waals surface area contributed by atoms with Gasteiger partial charge in [0, 0.05) is 19.5 Å². The predicted octanol–water partition coefficient (Wildman–Crippen LogP) is -5.90. The van der Waals surface area contributed by atoms with Crippen LogP contribution in [0.25, 0.3) is 0 Å². The molecule has 0 unspecified atom stereocenters. The number of amides is 8. The fourth-order valence-electron chi connectivity index (χ4n) is 5.97. The van der Waals surface area contributed by atoms with Crippen LogP contribution >= 0.6 is 0 Å². The maximum Gasteiger partial charge on any atom is 0.325 e. The standard InChI is InChI=1S/C40H71N15O14/c1-18(2)15-25(53-32(62)22(41)9-7-13-46-39(42)43)35(65)54-26(16-29(59)60)36(66)51-24(11-12-28(57)58)34(64)55-30(19(3)4)37(67)52-23(10-8-14-47-40(44)45)33(63)50-20(5)31(61)48-17-27(56)49-21(6)38(68)69/h18-26,30H,7-17,41H2,1-6H3,(H,48,61)(H,49,56)(H,50,63)(H,51,66)(H,52,67)(H,53,62)(H,54,65)(H,55,64)(H,57,58)(H,59,60)(H,68,69)(H4,42,43,46)(H4,44,45,47)/t20-,21-,22-,23-,24-,25-,26-,30-/m0/s1. The van der Waals surface area contributed by atoms with Crippen molar-refractivity contribution in [3.63, 3.8) is 0 Å². The van der Waals surface area contributed by atoms with E-state index in [0.29, 0.717) is 6.42 Å². The molecular weight excluding hydrogens is 915 g/mol. The molecule has 0 aromatic heterocycles. The van der Waals surface area contributed by atoms with Crippen LogP contribution in [-0.2, 0) is 52.7 Å². The van der Waals surface area contributed by atoms with Crippen molar-refractivity contribution in [2.75, 3.05) is 19.6 Å². The van der Waals surface area contributed by atoms with Crippen LogP contribution in [0.3, 0.4) is 0 Å². The molecule has 0 aromatic rings. The number of hydrogen-bond acceptors (Lipinski definition) is 14. The second-order valence-electron chi connectivity index (χ2n) is 16.7. The zero-order valence-electron chi connectivity index (χ0n) is 39.7. The fourth-order valence-corrected chi connectivity index (χ4v) is 5.97. The van der Waals surface area contributed by atoms with Crippen molar-refractivity contribution >= 4 is 77.1 Å². The third-order valence-corrected chi connectivity index (χ3v) is 9.68. The lowest BCUT2D eigenvalue weighted by Crippen LogP contribution is -2.61. The van der Waals surface area contributed by atoms with Crippen molar-refractivity contribution in [2.24, 2.45) is 50.5 Å². The van der Waals surface area contributed by atoms with Crippen molar-refractivity contribution in [2.45, 2.75) is 141 Å². The van der Waals surface area contributed by atoms with E-state index < -0.39 is 145 Å². The maximum atomic E-state index is 13.8. The predicted molar refractivity (Wildman–Crippen MR) is 247 cm³/mol. The largest absolute Gasteiger partial charge is 0.481 e. The van der Waals surface area contributed by atoms with Gasteiger partial charge < -0.3 is 86.5 Å². The van der Waals surface area contributed by atoms with E-state index in [9.17, 15) is 63.0 Å². The third kappa shape index (κ3) is 26.6. The van der Waals surface area contributed by atoms with Crippen LogP contribution in [0.5, 0.6) is 0 Å². The highest BCUT2D eigenvalue weighted by molar-refractivity contribution is 5.98. The van der Waals surface area contributed by atoms with Gasteiger partial charge in [-0.2, -0.15) is 0 Å². The summed E-state index contributed by atoms with van der Waals surface area (Å²) in [5.41, 5.74) is 27.4. The lowest BCUT2D eigenvalue weighted by atomic mass is 10.0. The van der Waals surface area contributed by atoms with Crippen LogP contribution < -0.4 is 71.2 Å². The lowest BCUT2D eigenvalue weighted by Gasteiger charge is -2.28. The first-order valence-electron chi connectivity index (χ1n) is 22.0. The van der Waals surface area contributed by atoms with Gasteiger partial charge in [-0.3, -0.25) is 62.7 Å². The molecule has 0 spiro atoms. The molecule has 0 saturated heterocycles. The molecule has 0 rings (SSSR count). The van der Waals surface area contributed by atoms with E-state index in [4.69, 9.17) is 33.8 Å². The third-order valence-electron chi connectivity index (χ3n) is 9.68. The lowest BCUT2D eigenvalue weighted by molar-refractivity contribution is -0.142. The quantitative estimate of drug-likeness (QED) is 0.0165. The molecule has 29 nitrogen and oxygen atoms in total. The van der Waals surface area contributed by atoms with Crippen LogP contribution in [-0.4, -0.2) is 160 Å². The Labute approximate surface area is 398 Å². The number of rotatable bonds is 33. The second-order valence-corrected chi connectivity index (χ2v) is 16.7. The van der Waals surface area contributed by atoms with E-state index in [0.717, 1.165) is 0 Å². The number of aliphatic carboxylic acids is 3. The van der Waals surface area contributed by atoms with Crippen molar-refractivity contribution in [3.8, 4) is 0 Å². The fraction of sp³-hybridized carbons (Fsp3) is 0.675. The number of nitrogens with one attached hydrogen (secondary N) is 8. The molecule has 0 aromatic carbocycles. The number of guanidine groups is 2. The summed E-state index contributed by atoms with van der Waals surface area (Å²) >= 11 is 0. The van der Waals surface area contributed by atoms with Gasteiger partial charge in [0.1, 0.15) is 42.3 Å². The van der Waals surface area contributed by atoms with Gasteiger partial charge in [0.25, 0.3) is 0 Å². The molecule has 0 saturated carbocycles.